The smallest absolute Gasteiger partial charge is 0.352 e. The van der Waals surface area contributed by atoms with E-state index in [2.05, 4.69) is 4.98 Å². The number of carboxylic acid groups (broad SMARTS) is 2. The number of aromatic carboxylic acids is 1. The lowest BCUT2D eigenvalue weighted by atomic mass is 10.1. The van der Waals surface area contributed by atoms with E-state index in [0.29, 0.717) is 17.7 Å². The van der Waals surface area contributed by atoms with Crippen LogP contribution in [0.3, 0.4) is 0 Å². The zero-order chi connectivity index (χ0) is 15.4. The fourth-order valence-corrected chi connectivity index (χ4v) is 1.91. The standard InChI is InChI=1S/C14H13NO6/c16-10-7-9(14(19)20)15-8-3-1-4-11(13(8)10)21-6-2-5-12(17)18/h1,3-4,7H,2,5-6H2,(H,15,16)(H,17,18)(H,19,20). The number of benzene rings is 1. The first-order valence-electron chi connectivity index (χ1n) is 6.23. The molecule has 0 saturated carbocycles. The number of ether oxygens (including phenoxy) is 1. The molecule has 0 amide bonds. The van der Waals surface area contributed by atoms with E-state index < -0.39 is 17.4 Å². The molecular formula is C14H13NO6. The Labute approximate surface area is 118 Å². The van der Waals surface area contributed by atoms with Gasteiger partial charge in [0.2, 0.25) is 0 Å². The summed E-state index contributed by atoms with van der Waals surface area (Å²) in [5.74, 6) is -1.83. The highest BCUT2D eigenvalue weighted by atomic mass is 16.5. The van der Waals surface area contributed by atoms with E-state index >= 15 is 0 Å². The maximum Gasteiger partial charge on any atom is 0.352 e. The molecule has 2 rings (SSSR count). The second kappa shape index (κ2) is 6.08. The quantitative estimate of drug-likeness (QED) is 0.694. The minimum absolute atomic E-state index is 0.0235. The second-order valence-electron chi connectivity index (χ2n) is 4.38. The average Bonchev–Trinajstić information content (AvgIpc) is 2.43. The van der Waals surface area contributed by atoms with Crippen LogP contribution >= 0.6 is 0 Å². The molecule has 0 atom stereocenters. The van der Waals surface area contributed by atoms with Gasteiger partial charge in [-0.15, -0.1) is 0 Å². The molecule has 0 aliphatic heterocycles. The van der Waals surface area contributed by atoms with Crippen molar-refractivity contribution < 1.29 is 24.5 Å². The van der Waals surface area contributed by atoms with Crippen LogP contribution in [0.2, 0.25) is 0 Å². The lowest BCUT2D eigenvalue weighted by molar-refractivity contribution is -0.137. The van der Waals surface area contributed by atoms with E-state index in [9.17, 15) is 14.4 Å². The predicted molar refractivity (Wildman–Crippen MR) is 73.9 cm³/mol. The van der Waals surface area contributed by atoms with Gasteiger partial charge in [-0.25, -0.2) is 4.79 Å². The van der Waals surface area contributed by atoms with Crippen LogP contribution in [0, 0.1) is 0 Å². The fourth-order valence-electron chi connectivity index (χ4n) is 1.91. The summed E-state index contributed by atoms with van der Waals surface area (Å²) in [5, 5.41) is 17.7. The van der Waals surface area contributed by atoms with E-state index in [1.54, 1.807) is 18.2 Å². The summed E-state index contributed by atoms with van der Waals surface area (Å²) in [6, 6.07) is 5.78. The summed E-state index contributed by atoms with van der Waals surface area (Å²) in [6.07, 6.45) is 0.293. The molecule has 110 valence electrons. The number of carboxylic acids is 2. The Morgan fingerprint density at radius 1 is 1.24 bits per heavy atom. The van der Waals surface area contributed by atoms with Gasteiger partial charge in [0.1, 0.15) is 11.4 Å². The third kappa shape index (κ3) is 3.38. The zero-order valence-electron chi connectivity index (χ0n) is 11.0. The van der Waals surface area contributed by atoms with Crippen LogP contribution in [-0.4, -0.2) is 33.7 Å². The van der Waals surface area contributed by atoms with Crippen LogP contribution in [0.15, 0.2) is 29.1 Å². The van der Waals surface area contributed by atoms with E-state index in [1.807, 2.05) is 0 Å². The number of aliphatic carboxylic acids is 1. The van der Waals surface area contributed by atoms with Gasteiger partial charge in [-0.2, -0.15) is 0 Å². The monoisotopic (exact) mass is 291 g/mol. The van der Waals surface area contributed by atoms with E-state index in [-0.39, 0.29) is 24.1 Å². The van der Waals surface area contributed by atoms with Crippen molar-refractivity contribution in [2.75, 3.05) is 6.61 Å². The SMILES string of the molecule is O=C(O)CCCOc1cccc2[nH]c(C(=O)O)cc(=O)c12. The molecule has 0 fully saturated rings. The van der Waals surface area contributed by atoms with Gasteiger partial charge in [0.15, 0.2) is 5.43 Å². The predicted octanol–water partition coefficient (Wildman–Crippen LogP) is 1.47. The maximum atomic E-state index is 12.0. The molecule has 0 unspecified atom stereocenters. The molecule has 0 aliphatic rings. The lowest BCUT2D eigenvalue weighted by Crippen LogP contribution is -2.11. The van der Waals surface area contributed by atoms with Crippen molar-refractivity contribution in [2.24, 2.45) is 0 Å². The Morgan fingerprint density at radius 3 is 2.67 bits per heavy atom. The Morgan fingerprint density at radius 2 is 2.00 bits per heavy atom. The zero-order valence-corrected chi connectivity index (χ0v) is 11.0. The fraction of sp³-hybridized carbons (Fsp3) is 0.214. The Bertz CT molecular complexity index is 749. The number of aromatic nitrogens is 1. The molecule has 7 nitrogen and oxygen atoms in total. The van der Waals surface area contributed by atoms with Crippen LogP contribution in [0.5, 0.6) is 5.75 Å². The van der Waals surface area contributed by atoms with Gasteiger partial charge in [-0.3, -0.25) is 9.59 Å². The molecular weight excluding hydrogens is 278 g/mol. The van der Waals surface area contributed by atoms with Crippen molar-refractivity contribution in [3.8, 4) is 5.75 Å². The summed E-state index contributed by atoms with van der Waals surface area (Å²) in [4.78, 5) is 36.0. The van der Waals surface area contributed by atoms with Crippen molar-refractivity contribution in [2.45, 2.75) is 12.8 Å². The normalized spacial score (nSPS) is 10.5. The van der Waals surface area contributed by atoms with Gasteiger partial charge in [0.25, 0.3) is 0 Å². The summed E-state index contributed by atoms with van der Waals surface area (Å²) in [5.41, 5.74) is -0.304. The molecule has 3 N–H and O–H groups in total. The number of pyridine rings is 1. The van der Waals surface area contributed by atoms with Crippen molar-refractivity contribution >= 4 is 22.8 Å². The van der Waals surface area contributed by atoms with Crippen molar-refractivity contribution in [3.05, 3.63) is 40.2 Å². The molecule has 0 radical (unpaired) electrons. The average molecular weight is 291 g/mol. The minimum atomic E-state index is -1.22. The Balaban J connectivity index is 2.31. The topological polar surface area (TPSA) is 117 Å². The first kappa shape index (κ1) is 14.6. The molecule has 1 heterocycles. The second-order valence-corrected chi connectivity index (χ2v) is 4.38. The molecule has 21 heavy (non-hydrogen) atoms. The highest BCUT2D eigenvalue weighted by Crippen LogP contribution is 2.21. The van der Waals surface area contributed by atoms with Crippen molar-refractivity contribution in [1.29, 1.82) is 0 Å². The number of carbonyl (C=O) groups is 2. The lowest BCUT2D eigenvalue weighted by Gasteiger charge is -2.08. The molecule has 0 saturated heterocycles. The Kier molecular flexibility index (Phi) is 4.22. The van der Waals surface area contributed by atoms with E-state index in [0.717, 1.165) is 6.07 Å². The van der Waals surface area contributed by atoms with E-state index in [4.69, 9.17) is 14.9 Å². The number of hydrogen-bond donors (Lipinski definition) is 3. The molecule has 0 aliphatic carbocycles. The van der Waals surface area contributed by atoms with Gasteiger partial charge in [0.05, 0.1) is 17.5 Å². The number of nitrogens with one attached hydrogen (secondary N) is 1. The van der Waals surface area contributed by atoms with Crippen LogP contribution in [0.4, 0.5) is 0 Å². The van der Waals surface area contributed by atoms with Gasteiger partial charge in [-0.05, 0) is 18.6 Å². The van der Waals surface area contributed by atoms with Gasteiger partial charge in [0, 0.05) is 12.5 Å². The number of fused-ring (bicyclic) bond motifs is 1. The molecule has 7 heteroatoms. The highest BCUT2D eigenvalue weighted by Gasteiger charge is 2.11. The summed E-state index contributed by atoms with van der Waals surface area (Å²) in [7, 11) is 0. The van der Waals surface area contributed by atoms with Gasteiger partial charge in [-0.1, -0.05) is 6.07 Å². The maximum absolute atomic E-state index is 12.0. The van der Waals surface area contributed by atoms with Crippen LogP contribution in [0.1, 0.15) is 23.3 Å². The van der Waals surface area contributed by atoms with Crippen molar-refractivity contribution in [3.63, 3.8) is 0 Å². The number of hydrogen-bond acceptors (Lipinski definition) is 4. The molecule has 1 aromatic carbocycles. The van der Waals surface area contributed by atoms with Crippen LogP contribution in [-0.2, 0) is 4.79 Å². The summed E-state index contributed by atoms with van der Waals surface area (Å²) >= 11 is 0. The molecule has 2 aromatic rings. The first-order valence-corrected chi connectivity index (χ1v) is 6.23. The van der Waals surface area contributed by atoms with Crippen LogP contribution in [0.25, 0.3) is 10.9 Å². The van der Waals surface area contributed by atoms with Gasteiger partial charge < -0.3 is 19.9 Å². The Hall–Kier alpha value is -2.83. The number of H-pyrrole nitrogens is 1. The van der Waals surface area contributed by atoms with Crippen molar-refractivity contribution in [1.82, 2.24) is 4.98 Å². The minimum Gasteiger partial charge on any atom is -0.493 e. The third-order valence-electron chi connectivity index (χ3n) is 2.84. The molecule has 1 aromatic heterocycles. The third-order valence-corrected chi connectivity index (χ3v) is 2.84. The van der Waals surface area contributed by atoms with Crippen LogP contribution < -0.4 is 10.2 Å². The highest BCUT2D eigenvalue weighted by molar-refractivity contribution is 5.91. The summed E-state index contributed by atoms with van der Waals surface area (Å²) < 4.78 is 5.42. The number of rotatable bonds is 6. The van der Waals surface area contributed by atoms with Gasteiger partial charge >= 0.3 is 11.9 Å². The van der Waals surface area contributed by atoms with E-state index in [1.165, 1.54) is 0 Å². The molecule has 0 bridgehead atoms. The number of aromatic amines is 1. The first-order chi connectivity index (χ1) is 9.99. The largest absolute Gasteiger partial charge is 0.493 e. The molecule has 0 spiro atoms. The summed E-state index contributed by atoms with van der Waals surface area (Å²) in [6.45, 7) is 0.158.